The van der Waals surface area contributed by atoms with E-state index in [4.69, 9.17) is 0 Å². The first kappa shape index (κ1) is 16.6. The molecule has 5 nitrogen and oxygen atoms in total. The zero-order valence-electron chi connectivity index (χ0n) is 14.0. The molecular weight excluding hydrogens is 308 g/mol. The number of anilines is 1. The molecule has 1 saturated heterocycles. The summed E-state index contributed by atoms with van der Waals surface area (Å²) < 4.78 is 0. The Morgan fingerprint density at radius 1 is 1.30 bits per heavy atom. The van der Waals surface area contributed by atoms with Gasteiger partial charge in [0.1, 0.15) is 5.82 Å². The van der Waals surface area contributed by atoms with Crippen LogP contribution in [-0.2, 0) is 4.79 Å². The van der Waals surface area contributed by atoms with E-state index in [1.54, 1.807) is 11.8 Å². The van der Waals surface area contributed by atoms with Crippen molar-refractivity contribution in [3.63, 3.8) is 0 Å². The van der Waals surface area contributed by atoms with Crippen LogP contribution in [0.1, 0.15) is 44.2 Å². The van der Waals surface area contributed by atoms with Crippen molar-refractivity contribution in [1.82, 2.24) is 15.3 Å². The van der Waals surface area contributed by atoms with Gasteiger partial charge in [-0.2, -0.15) is 0 Å². The number of piperidine rings is 1. The molecule has 0 unspecified atom stereocenters. The standard InChI is InChI=1S/C17H26N4OS/c1-12-10-15(20-17(18-12)23-2)21-8-6-13(7-9-21)11-16(22)19-14-4-3-5-14/h10,13-14H,3-9,11H2,1-2H3,(H,19,22). The Bertz CT molecular complexity index is 554. The zero-order chi connectivity index (χ0) is 16.2. The number of nitrogens with zero attached hydrogens (tertiary/aromatic N) is 3. The third-order valence-electron chi connectivity index (χ3n) is 4.89. The molecule has 126 valence electrons. The van der Waals surface area contributed by atoms with E-state index in [2.05, 4.69) is 26.3 Å². The van der Waals surface area contributed by atoms with Gasteiger partial charge in [-0.3, -0.25) is 4.79 Å². The average Bonchev–Trinajstić information content (AvgIpc) is 2.51. The van der Waals surface area contributed by atoms with Gasteiger partial charge in [0.05, 0.1) is 0 Å². The molecule has 2 heterocycles. The summed E-state index contributed by atoms with van der Waals surface area (Å²) >= 11 is 1.58. The van der Waals surface area contributed by atoms with E-state index in [0.717, 1.165) is 55.4 Å². The second-order valence-electron chi connectivity index (χ2n) is 6.68. The molecule has 3 rings (SSSR count). The monoisotopic (exact) mass is 334 g/mol. The average molecular weight is 334 g/mol. The summed E-state index contributed by atoms with van der Waals surface area (Å²) in [7, 11) is 0. The molecule has 2 fully saturated rings. The molecule has 0 atom stereocenters. The molecule has 1 aromatic rings. The summed E-state index contributed by atoms with van der Waals surface area (Å²) in [6, 6.07) is 2.51. The predicted octanol–water partition coefficient (Wildman–Crippen LogP) is 2.78. The number of aryl methyl sites for hydroxylation is 1. The number of carbonyl (C=O) groups excluding carboxylic acids is 1. The number of thioether (sulfide) groups is 1. The van der Waals surface area contributed by atoms with Crippen LogP contribution < -0.4 is 10.2 Å². The lowest BCUT2D eigenvalue weighted by atomic mass is 9.90. The number of carbonyl (C=O) groups is 1. The Kier molecular flexibility index (Phi) is 5.41. The minimum atomic E-state index is 0.246. The van der Waals surface area contributed by atoms with Gasteiger partial charge >= 0.3 is 0 Å². The Morgan fingerprint density at radius 3 is 2.65 bits per heavy atom. The smallest absolute Gasteiger partial charge is 0.220 e. The molecule has 0 spiro atoms. The number of hydrogen-bond donors (Lipinski definition) is 1. The van der Waals surface area contributed by atoms with Crippen LogP contribution in [-0.4, -0.2) is 41.3 Å². The van der Waals surface area contributed by atoms with Gasteiger partial charge in [0.25, 0.3) is 0 Å². The summed E-state index contributed by atoms with van der Waals surface area (Å²) in [4.78, 5) is 23.4. The van der Waals surface area contributed by atoms with Crippen molar-refractivity contribution in [1.29, 1.82) is 0 Å². The maximum Gasteiger partial charge on any atom is 0.220 e. The minimum absolute atomic E-state index is 0.246. The van der Waals surface area contributed by atoms with Crippen molar-refractivity contribution in [2.75, 3.05) is 24.2 Å². The Balaban J connectivity index is 1.49. The van der Waals surface area contributed by atoms with E-state index in [-0.39, 0.29) is 5.91 Å². The second-order valence-corrected chi connectivity index (χ2v) is 7.46. The lowest BCUT2D eigenvalue weighted by Gasteiger charge is -2.33. The SMILES string of the molecule is CSc1nc(C)cc(N2CCC(CC(=O)NC3CCC3)CC2)n1. The van der Waals surface area contributed by atoms with Gasteiger partial charge in [0, 0.05) is 37.3 Å². The molecule has 1 N–H and O–H groups in total. The van der Waals surface area contributed by atoms with Crippen LogP contribution in [0.2, 0.25) is 0 Å². The third-order valence-corrected chi connectivity index (χ3v) is 5.43. The Morgan fingerprint density at radius 2 is 2.04 bits per heavy atom. The molecule has 1 saturated carbocycles. The van der Waals surface area contributed by atoms with Crippen molar-refractivity contribution >= 4 is 23.5 Å². The second kappa shape index (κ2) is 7.51. The number of rotatable bonds is 5. The summed E-state index contributed by atoms with van der Waals surface area (Å²) in [5, 5.41) is 3.99. The normalized spacial score (nSPS) is 19.5. The van der Waals surface area contributed by atoms with Gasteiger partial charge in [-0.1, -0.05) is 11.8 Å². The zero-order valence-corrected chi connectivity index (χ0v) is 14.9. The van der Waals surface area contributed by atoms with Crippen LogP contribution in [0.4, 0.5) is 5.82 Å². The van der Waals surface area contributed by atoms with Crippen LogP contribution >= 0.6 is 11.8 Å². The van der Waals surface area contributed by atoms with Gasteiger partial charge in [-0.25, -0.2) is 9.97 Å². The molecular formula is C17H26N4OS. The van der Waals surface area contributed by atoms with Gasteiger partial charge in [-0.05, 0) is 51.2 Å². The van der Waals surface area contributed by atoms with Crippen LogP contribution in [0.15, 0.2) is 11.2 Å². The largest absolute Gasteiger partial charge is 0.356 e. The fourth-order valence-corrected chi connectivity index (χ4v) is 3.67. The molecule has 1 aliphatic heterocycles. The van der Waals surface area contributed by atoms with Crippen LogP contribution in [0.3, 0.4) is 0 Å². The molecule has 6 heteroatoms. The molecule has 23 heavy (non-hydrogen) atoms. The lowest BCUT2D eigenvalue weighted by Crippen LogP contribution is -2.41. The first-order valence-electron chi connectivity index (χ1n) is 8.58. The highest BCUT2D eigenvalue weighted by molar-refractivity contribution is 7.98. The molecule has 2 aliphatic rings. The highest BCUT2D eigenvalue weighted by Gasteiger charge is 2.25. The highest BCUT2D eigenvalue weighted by atomic mass is 32.2. The van der Waals surface area contributed by atoms with Crippen LogP contribution in [0.5, 0.6) is 0 Å². The topological polar surface area (TPSA) is 58.1 Å². The fourth-order valence-electron chi connectivity index (χ4n) is 3.25. The van der Waals surface area contributed by atoms with Gasteiger partial charge in [0.2, 0.25) is 5.91 Å². The maximum absolute atomic E-state index is 12.0. The Hall–Kier alpha value is -1.30. The van der Waals surface area contributed by atoms with Gasteiger partial charge in [0.15, 0.2) is 5.16 Å². The molecule has 0 radical (unpaired) electrons. The van der Waals surface area contributed by atoms with E-state index in [1.165, 1.54) is 6.42 Å². The van der Waals surface area contributed by atoms with Gasteiger partial charge in [-0.15, -0.1) is 0 Å². The molecule has 1 aromatic heterocycles. The summed E-state index contributed by atoms with van der Waals surface area (Å²) in [5.74, 6) is 1.78. The fraction of sp³-hybridized carbons (Fsp3) is 0.706. The Labute approximate surface area is 142 Å². The first-order chi connectivity index (χ1) is 11.1. The maximum atomic E-state index is 12.0. The van der Waals surface area contributed by atoms with Crippen molar-refractivity contribution in [3.8, 4) is 0 Å². The van der Waals surface area contributed by atoms with Crippen molar-refractivity contribution < 1.29 is 4.79 Å². The third kappa shape index (κ3) is 4.37. The minimum Gasteiger partial charge on any atom is -0.356 e. The van der Waals surface area contributed by atoms with Crippen LogP contribution in [0, 0.1) is 12.8 Å². The number of amides is 1. The van der Waals surface area contributed by atoms with E-state index in [9.17, 15) is 4.79 Å². The van der Waals surface area contributed by atoms with E-state index in [0.29, 0.717) is 18.4 Å². The highest BCUT2D eigenvalue weighted by Crippen LogP contribution is 2.26. The molecule has 0 bridgehead atoms. The van der Waals surface area contributed by atoms with Crippen molar-refractivity contribution in [3.05, 3.63) is 11.8 Å². The van der Waals surface area contributed by atoms with Crippen LogP contribution in [0.25, 0.3) is 0 Å². The van der Waals surface area contributed by atoms with E-state index >= 15 is 0 Å². The quantitative estimate of drug-likeness (QED) is 0.663. The van der Waals surface area contributed by atoms with E-state index in [1.807, 2.05) is 13.2 Å². The predicted molar refractivity (Wildman–Crippen MR) is 93.9 cm³/mol. The molecule has 1 amide bonds. The van der Waals surface area contributed by atoms with E-state index < -0.39 is 0 Å². The molecule has 1 aliphatic carbocycles. The van der Waals surface area contributed by atoms with Crippen molar-refractivity contribution in [2.24, 2.45) is 5.92 Å². The summed E-state index contributed by atoms with van der Waals surface area (Å²) in [6.07, 6.45) is 8.41. The van der Waals surface area contributed by atoms with Crippen molar-refractivity contribution in [2.45, 2.75) is 56.6 Å². The summed E-state index contributed by atoms with van der Waals surface area (Å²) in [6.45, 7) is 3.97. The summed E-state index contributed by atoms with van der Waals surface area (Å²) in [5.41, 5.74) is 1.02. The number of aromatic nitrogens is 2. The molecule has 0 aromatic carbocycles. The van der Waals surface area contributed by atoms with Gasteiger partial charge < -0.3 is 10.2 Å². The first-order valence-corrected chi connectivity index (χ1v) is 9.80. The number of hydrogen-bond acceptors (Lipinski definition) is 5. The lowest BCUT2D eigenvalue weighted by molar-refractivity contribution is -0.123. The number of nitrogens with one attached hydrogen (secondary N) is 1.